The summed E-state index contributed by atoms with van der Waals surface area (Å²) in [6.07, 6.45) is 3.48. The molecule has 0 aliphatic rings. The fourth-order valence-electron chi connectivity index (χ4n) is 3.88. The number of halogens is 1. The number of carbonyl (C=O) groups is 2. The van der Waals surface area contributed by atoms with Crippen LogP contribution in [0.5, 0.6) is 0 Å². The molecule has 0 fully saturated rings. The normalized spacial score (nSPS) is 11.5. The van der Waals surface area contributed by atoms with E-state index >= 15 is 0 Å². The van der Waals surface area contributed by atoms with Gasteiger partial charge in [0.15, 0.2) is 0 Å². The Morgan fingerprint density at radius 2 is 1.40 bits per heavy atom. The second-order valence-corrected chi connectivity index (χ2v) is 8.20. The van der Waals surface area contributed by atoms with E-state index in [9.17, 15) is 14.0 Å². The molecule has 6 heteroatoms. The number of rotatable bonds is 9. The molecule has 0 spiro atoms. The van der Waals surface area contributed by atoms with E-state index in [2.05, 4.69) is 10.3 Å². The van der Waals surface area contributed by atoms with Crippen molar-refractivity contribution in [2.24, 2.45) is 0 Å². The Kier molecular flexibility index (Phi) is 7.96. The molecule has 3 aromatic carbocycles. The zero-order valence-electron chi connectivity index (χ0n) is 19.2. The molecule has 0 radical (unpaired) electrons. The van der Waals surface area contributed by atoms with E-state index in [1.54, 1.807) is 29.4 Å². The van der Waals surface area contributed by atoms with Crippen LogP contribution < -0.4 is 5.32 Å². The third-order valence-electron chi connectivity index (χ3n) is 5.68. The number of amides is 2. The predicted octanol–water partition coefficient (Wildman–Crippen LogP) is 4.85. The van der Waals surface area contributed by atoms with Gasteiger partial charge in [0.25, 0.3) is 0 Å². The minimum atomic E-state index is -0.862. The van der Waals surface area contributed by atoms with Gasteiger partial charge in [0, 0.05) is 25.5 Å². The third kappa shape index (κ3) is 6.60. The van der Waals surface area contributed by atoms with Gasteiger partial charge in [0.2, 0.25) is 11.8 Å². The molecule has 4 rings (SSSR count). The molecule has 4 aromatic rings. The molecule has 35 heavy (non-hydrogen) atoms. The number of nitrogens with one attached hydrogen (secondary N) is 1. The predicted molar refractivity (Wildman–Crippen MR) is 132 cm³/mol. The topological polar surface area (TPSA) is 62.3 Å². The summed E-state index contributed by atoms with van der Waals surface area (Å²) in [6, 6.07) is 27.4. The highest BCUT2D eigenvalue weighted by Gasteiger charge is 2.31. The monoisotopic (exact) mass is 467 g/mol. The van der Waals surface area contributed by atoms with Gasteiger partial charge in [-0.3, -0.25) is 14.6 Å². The van der Waals surface area contributed by atoms with Gasteiger partial charge in [-0.05, 0) is 46.5 Å². The van der Waals surface area contributed by atoms with Gasteiger partial charge in [-0.1, -0.05) is 72.8 Å². The van der Waals surface area contributed by atoms with Crippen LogP contribution in [0.15, 0.2) is 109 Å². The van der Waals surface area contributed by atoms with Crippen LogP contribution in [0.2, 0.25) is 0 Å². The van der Waals surface area contributed by atoms with Crippen molar-refractivity contribution < 1.29 is 14.0 Å². The summed E-state index contributed by atoms with van der Waals surface area (Å²) in [4.78, 5) is 32.8. The van der Waals surface area contributed by atoms with E-state index in [4.69, 9.17) is 0 Å². The summed E-state index contributed by atoms with van der Waals surface area (Å²) in [7, 11) is 0. The second kappa shape index (κ2) is 11.7. The van der Waals surface area contributed by atoms with Crippen molar-refractivity contribution in [3.05, 3.63) is 138 Å². The van der Waals surface area contributed by atoms with Crippen LogP contribution in [-0.2, 0) is 29.1 Å². The summed E-state index contributed by atoms with van der Waals surface area (Å²) in [5, 5.41) is 2.97. The van der Waals surface area contributed by atoms with Gasteiger partial charge in [0.1, 0.15) is 11.9 Å². The molecule has 1 aromatic heterocycles. The Bertz CT molecular complexity index is 1230. The minimum Gasteiger partial charge on any atom is -0.350 e. The first-order valence-corrected chi connectivity index (χ1v) is 11.4. The molecule has 1 N–H and O–H groups in total. The summed E-state index contributed by atoms with van der Waals surface area (Å²) in [5.74, 6) is -0.851. The first kappa shape index (κ1) is 23.8. The van der Waals surface area contributed by atoms with Gasteiger partial charge in [-0.2, -0.15) is 0 Å². The number of hydrogen-bond acceptors (Lipinski definition) is 3. The average molecular weight is 468 g/mol. The van der Waals surface area contributed by atoms with Crippen LogP contribution >= 0.6 is 0 Å². The standard InChI is InChI=1S/C29H26FN3O2/c30-26-13-11-24(12-14-26)21-33(27(34)19-22-7-3-1-4-8-22)28(25-9-5-2-6-10-25)29(35)32-20-23-15-17-31-18-16-23/h1-18,28H,19-21H2,(H,32,35)/t28-/m1/s1. The highest BCUT2D eigenvalue weighted by atomic mass is 19.1. The van der Waals surface area contributed by atoms with E-state index in [-0.39, 0.29) is 30.6 Å². The second-order valence-electron chi connectivity index (χ2n) is 8.20. The highest BCUT2D eigenvalue weighted by Crippen LogP contribution is 2.25. The number of aromatic nitrogens is 1. The lowest BCUT2D eigenvalue weighted by Gasteiger charge is -2.32. The maximum Gasteiger partial charge on any atom is 0.247 e. The van der Waals surface area contributed by atoms with Crippen LogP contribution in [0, 0.1) is 5.82 Å². The molecule has 5 nitrogen and oxygen atoms in total. The Morgan fingerprint density at radius 3 is 2.06 bits per heavy atom. The highest BCUT2D eigenvalue weighted by molar-refractivity contribution is 5.89. The molecule has 0 bridgehead atoms. The minimum absolute atomic E-state index is 0.142. The van der Waals surface area contributed by atoms with Crippen molar-refractivity contribution in [1.82, 2.24) is 15.2 Å². The summed E-state index contributed by atoms with van der Waals surface area (Å²) >= 11 is 0. The van der Waals surface area contributed by atoms with E-state index in [0.717, 1.165) is 16.7 Å². The van der Waals surface area contributed by atoms with Gasteiger partial charge in [-0.25, -0.2) is 4.39 Å². The van der Waals surface area contributed by atoms with Gasteiger partial charge >= 0.3 is 0 Å². The largest absolute Gasteiger partial charge is 0.350 e. The van der Waals surface area contributed by atoms with Crippen molar-refractivity contribution in [2.75, 3.05) is 0 Å². The van der Waals surface area contributed by atoms with Crippen molar-refractivity contribution in [3.8, 4) is 0 Å². The zero-order chi connectivity index (χ0) is 24.5. The molecule has 0 saturated heterocycles. The smallest absolute Gasteiger partial charge is 0.247 e. The third-order valence-corrected chi connectivity index (χ3v) is 5.68. The fraction of sp³-hybridized carbons (Fsp3) is 0.138. The molecule has 2 amide bonds. The first-order valence-electron chi connectivity index (χ1n) is 11.4. The fourth-order valence-corrected chi connectivity index (χ4v) is 3.88. The summed E-state index contributed by atoms with van der Waals surface area (Å²) in [6.45, 7) is 0.468. The number of carbonyl (C=O) groups excluding carboxylic acids is 2. The Balaban J connectivity index is 1.66. The van der Waals surface area contributed by atoms with Crippen molar-refractivity contribution >= 4 is 11.8 Å². The summed E-state index contributed by atoms with van der Waals surface area (Å²) < 4.78 is 13.5. The SMILES string of the molecule is O=C(NCc1ccncc1)[C@@H](c1ccccc1)N(Cc1ccc(F)cc1)C(=O)Cc1ccccc1. The van der Waals surface area contributed by atoms with E-state index in [1.165, 1.54) is 12.1 Å². The van der Waals surface area contributed by atoms with E-state index < -0.39 is 6.04 Å². The van der Waals surface area contributed by atoms with Crippen molar-refractivity contribution in [1.29, 1.82) is 0 Å². The molecule has 0 aliphatic heterocycles. The zero-order valence-corrected chi connectivity index (χ0v) is 19.2. The maximum atomic E-state index is 13.6. The van der Waals surface area contributed by atoms with Crippen LogP contribution in [0.1, 0.15) is 28.3 Å². The molecule has 176 valence electrons. The van der Waals surface area contributed by atoms with E-state index in [1.807, 2.05) is 72.8 Å². The Hall–Kier alpha value is -4.32. The lowest BCUT2D eigenvalue weighted by atomic mass is 10.0. The molecule has 0 unspecified atom stereocenters. The van der Waals surface area contributed by atoms with E-state index in [0.29, 0.717) is 12.1 Å². The van der Waals surface area contributed by atoms with Crippen molar-refractivity contribution in [3.63, 3.8) is 0 Å². The van der Waals surface area contributed by atoms with Gasteiger partial charge < -0.3 is 10.2 Å². The summed E-state index contributed by atoms with van der Waals surface area (Å²) in [5.41, 5.74) is 3.19. The average Bonchev–Trinajstić information content (AvgIpc) is 2.90. The number of benzene rings is 3. The molecule has 0 aliphatic carbocycles. The van der Waals surface area contributed by atoms with Crippen molar-refractivity contribution in [2.45, 2.75) is 25.6 Å². The maximum absolute atomic E-state index is 13.6. The molecule has 1 heterocycles. The number of pyridine rings is 1. The van der Waals surface area contributed by atoms with Gasteiger partial charge in [0.05, 0.1) is 6.42 Å². The first-order chi connectivity index (χ1) is 17.1. The molecular weight excluding hydrogens is 441 g/mol. The van der Waals surface area contributed by atoms with Gasteiger partial charge in [-0.15, -0.1) is 0 Å². The molecular formula is C29H26FN3O2. The number of hydrogen-bond donors (Lipinski definition) is 1. The molecule has 1 atom stereocenters. The lowest BCUT2D eigenvalue weighted by molar-refractivity contribution is -0.141. The number of nitrogens with zero attached hydrogens (tertiary/aromatic N) is 2. The van der Waals surface area contributed by atoms with Crippen LogP contribution in [0.3, 0.4) is 0 Å². The molecule has 0 saturated carbocycles. The van der Waals surface area contributed by atoms with Crippen LogP contribution in [0.4, 0.5) is 4.39 Å². The van der Waals surface area contributed by atoms with Crippen LogP contribution in [-0.4, -0.2) is 21.7 Å². The van der Waals surface area contributed by atoms with Crippen LogP contribution in [0.25, 0.3) is 0 Å². The quantitative estimate of drug-likeness (QED) is 0.383. The lowest BCUT2D eigenvalue weighted by Crippen LogP contribution is -2.43. The Labute approximate surface area is 204 Å². The Morgan fingerprint density at radius 1 is 0.771 bits per heavy atom.